The number of hydrogen-bond donors (Lipinski definition) is 3. The maximum Gasteiger partial charge on any atom is 0.336 e. The Labute approximate surface area is 125 Å². The highest BCUT2D eigenvalue weighted by Crippen LogP contribution is 2.25. The van der Waals surface area contributed by atoms with Crippen molar-refractivity contribution in [2.24, 2.45) is 0 Å². The fraction of sp³-hybridized carbons (Fsp3) is 0.400. The summed E-state index contributed by atoms with van der Waals surface area (Å²) in [6.07, 6.45) is -5.01. The van der Waals surface area contributed by atoms with Crippen LogP contribution < -0.4 is 10.4 Å². The Bertz CT molecular complexity index is 738. The van der Waals surface area contributed by atoms with Crippen molar-refractivity contribution in [3.63, 3.8) is 0 Å². The zero-order valence-electron chi connectivity index (χ0n) is 11.8. The molecule has 1 aromatic heterocycles. The summed E-state index contributed by atoms with van der Waals surface area (Å²) < 4.78 is 15.7. The third-order valence-electron chi connectivity index (χ3n) is 3.63. The van der Waals surface area contributed by atoms with Gasteiger partial charge in [-0.2, -0.15) is 0 Å². The molecule has 3 N–H and O–H groups in total. The van der Waals surface area contributed by atoms with E-state index in [9.17, 15) is 20.1 Å². The Balaban J connectivity index is 1.87. The van der Waals surface area contributed by atoms with E-state index < -0.39 is 30.2 Å². The van der Waals surface area contributed by atoms with Crippen LogP contribution in [-0.4, -0.2) is 46.5 Å². The summed E-state index contributed by atoms with van der Waals surface area (Å²) in [6.45, 7) is 1.65. The summed E-state index contributed by atoms with van der Waals surface area (Å²) in [5.74, 6) is 0.314. The normalized spacial score (nSPS) is 28.7. The topological polar surface area (TPSA) is 109 Å². The van der Waals surface area contributed by atoms with Gasteiger partial charge < -0.3 is 29.2 Å². The molecule has 1 saturated heterocycles. The number of aliphatic hydroxyl groups excluding tert-OH is 3. The Morgan fingerprint density at radius 3 is 2.73 bits per heavy atom. The lowest BCUT2D eigenvalue weighted by Gasteiger charge is -2.34. The minimum atomic E-state index is -1.39. The number of rotatable bonds is 2. The molecule has 4 atom stereocenters. The van der Waals surface area contributed by atoms with Gasteiger partial charge in [-0.05, 0) is 24.6 Å². The van der Waals surface area contributed by atoms with Crippen LogP contribution in [0.5, 0.6) is 5.75 Å². The average molecular weight is 308 g/mol. The molecule has 1 aromatic carbocycles. The molecular formula is C15H16O7. The van der Waals surface area contributed by atoms with Gasteiger partial charge in [0, 0.05) is 17.5 Å². The molecule has 0 spiro atoms. The van der Waals surface area contributed by atoms with Crippen LogP contribution in [0.25, 0.3) is 11.0 Å². The maximum absolute atomic E-state index is 11.4. The van der Waals surface area contributed by atoms with E-state index in [2.05, 4.69) is 0 Å². The first-order valence-electron chi connectivity index (χ1n) is 6.82. The second-order valence-electron chi connectivity index (χ2n) is 5.27. The number of benzene rings is 1. The van der Waals surface area contributed by atoms with Gasteiger partial charge in [-0.15, -0.1) is 0 Å². The van der Waals surface area contributed by atoms with Gasteiger partial charge in [0.15, 0.2) is 0 Å². The highest BCUT2D eigenvalue weighted by molar-refractivity contribution is 5.81. The molecule has 7 nitrogen and oxygen atoms in total. The SMILES string of the molecule is Cc1cc(=O)oc2cc(O[C@H]3OC[C@@H](O)[C@@H](O)[C@@H]3O)ccc12. The van der Waals surface area contributed by atoms with E-state index in [4.69, 9.17) is 13.9 Å². The summed E-state index contributed by atoms with van der Waals surface area (Å²) in [5, 5.41) is 29.6. The summed E-state index contributed by atoms with van der Waals surface area (Å²) in [7, 11) is 0. The number of aliphatic hydroxyl groups is 3. The van der Waals surface area contributed by atoms with Gasteiger partial charge >= 0.3 is 5.63 Å². The monoisotopic (exact) mass is 308 g/mol. The van der Waals surface area contributed by atoms with E-state index in [-0.39, 0.29) is 6.61 Å². The van der Waals surface area contributed by atoms with Gasteiger partial charge in [-0.1, -0.05) is 0 Å². The lowest BCUT2D eigenvalue weighted by Crippen LogP contribution is -2.54. The minimum absolute atomic E-state index is 0.148. The third-order valence-corrected chi connectivity index (χ3v) is 3.63. The van der Waals surface area contributed by atoms with Crippen molar-refractivity contribution in [2.75, 3.05) is 6.61 Å². The predicted octanol–water partition coefficient (Wildman–Crippen LogP) is -0.0808. The zero-order chi connectivity index (χ0) is 15.9. The molecule has 0 aliphatic carbocycles. The summed E-state index contributed by atoms with van der Waals surface area (Å²) in [6, 6.07) is 6.28. The van der Waals surface area contributed by atoms with E-state index in [1.807, 2.05) is 0 Å². The molecule has 22 heavy (non-hydrogen) atoms. The first-order valence-corrected chi connectivity index (χ1v) is 6.82. The molecule has 118 valence electrons. The van der Waals surface area contributed by atoms with Crippen molar-refractivity contribution in [1.29, 1.82) is 0 Å². The van der Waals surface area contributed by atoms with Gasteiger partial charge in [0.2, 0.25) is 6.29 Å². The van der Waals surface area contributed by atoms with Crippen LogP contribution in [0.3, 0.4) is 0 Å². The molecule has 3 rings (SSSR count). The first-order chi connectivity index (χ1) is 10.5. The van der Waals surface area contributed by atoms with E-state index in [1.54, 1.807) is 19.1 Å². The first kappa shape index (κ1) is 15.0. The van der Waals surface area contributed by atoms with E-state index in [1.165, 1.54) is 12.1 Å². The fourth-order valence-electron chi connectivity index (χ4n) is 2.40. The van der Waals surface area contributed by atoms with Gasteiger partial charge in [-0.25, -0.2) is 4.79 Å². The molecule has 2 aromatic rings. The average Bonchev–Trinajstić information content (AvgIpc) is 2.47. The number of fused-ring (bicyclic) bond motifs is 1. The van der Waals surface area contributed by atoms with Crippen LogP contribution >= 0.6 is 0 Å². The summed E-state index contributed by atoms with van der Waals surface area (Å²) >= 11 is 0. The van der Waals surface area contributed by atoms with Gasteiger partial charge in [-0.3, -0.25) is 0 Å². The standard InChI is InChI=1S/C15H16O7/c1-7-4-12(17)22-11-5-8(2-3-9(7)11)21-15-14(19)13(18)10(16)6-20-15/h2-5,10,13-16,18-19H,6H2,1H3/t10-,13-,14+,15-/m1/s1. The smallest absolute Gasteiger partial charge is 0.336 e. The molecule has 1 aliphatic rings. The van der Waals surface area contributed by atoms with Crippen LogP contribution in [-0.2, 0) is 4.74 Å². The van der Waals surface area contributed by atoms with Crippen molar-refractivity contribution >= 4 is 11.0 Å². The molecule has 0 radical (unpaired) electrons. The number of aryl methyl sites for hydroxylation is 1. The molecule has 2 heterocycles. The molecule has 1 fully saturated rings. The molecule has 7 heteroatoms. The molecule has 1 aliphatic heterocycles. The molecule has 0 saturated carbocycles. The number of ether oxygens (including phenoxy) is 2. The van der Waals surface area contributed by atoms with Crippen molar-refractivity contribution in [1.82, 2.24) is 0 Å². The van der Waals surface area contributed by atoms with Crippen LogP contribution in [0.4, 0.5) is 0 Å². The minimum Gasteiger partial charge on any atom is -0.462 e. The second kappa shape index (κ2) is 5.69. The zero-order valence-corrected chi connectivity index (χ0v) is 11.8. The van der Waals surface area contributed by atoms with Crippen molar-refractivity contribution < 1.29 is 29.2 Å². The highest BCUT2D eigenvalue weighted by Gasteiger charge is 2.39. The fourth-order valence-corrected chi connectivity index (χ4v) is 2.40. The second-order valence-corrected chi connectivity index (χ2v) is 5.27. The van der Waals surface area contributed by atoms with E-state index in [0.29, 0.717) is 11.3 Å². The van der Waals surface area contributed by atoms with Crippen molar-refractivity contribution in [2.45, 2.75) is 31.5 Å². The lowest BCUT2D eigenvalue weighted by molar-refractivity contribution is -0.242. The molecular weight excluding hydrogens is 292 g/mol. The van der Waals surface area contributed by atoms with Crippen LogP contribution in [0.1, 0.15) is 5.56 Å². The van der Waals surface area contributed by atoms with E-state index >= 15 is 0 Å². The molecule has 0 amide bonds. The van der Waals surface area contributed by atoms with Crippen molar-refractivity contribution in [3.8, 4) is 5.75 Å². The maximum atomic E-state index is 11.4. The third kappa shape index (κ3) is 2.71. The number of hydrogen-bond acceptors (Lipinski definition) is 7. The lowest BCUT2D eigenvalue weighted by atomic mass is 10.1. The highest BCUT2D eigenvalue weighted by atomic mass is 16.7. The Morgan fingerprint density at radius 1 is 1.18 bits per heavy atom. The Hall–Kier alpha value is -1.93. The predicted molar refractivity (Wildman–Crippen MR) is 75.6 cm³/mol. The van der Waals surface area contributed by atoms with Crippen LogP contribution in [0, 0.1) is 6.92 Å². The van der Waals surface area contributed by atoms with Crippen molar-refractivity contribution in [3.05, 3.63) is 40.2 Å². The van der Waals surface area contributed by atoms with E-state index in [0.717, 1.165) is 10.9 Å². The Kier molecular flexibility index (Phi) is 3.88. The van der Waals surface area contributed by atoms with Crippen LogP contribution in [0.2, 0.25) is 0 Å². The van der Waals surface area contributed by atoms with Crippen LogP contribution in [0.15, 0.2) is 33.5 Å². The Morgan fingerprint density at radius 2 is 1.95 bits per heavy atom. The van der Waals surface area contributed by atoms with Gasteiger partial charge in [0.25, 0.3) is 0 Å². The largest absolute Gasteiger partial charge is 0.462 e. The van der Waals surface area contributed by atoms with Gasteiger partial charge in [0.05, 0.1) is 6.61 Å². The summed E-state index contributed by atoms with van der Waals surface area (Å²) in [5.41, 5.74) is 0.674. The summed E-state index contributed by atoms with van der Waals surface area (Å²) in [4.78, 5) is 11.4. The molecule has 0 unspecified atom stereocenters. The quantitative estimate of drug-likeness (QED) is 0.666. The van der Waals surface area contributed by atoms with Gasteiger partial charge in [0.1, 0.15) is 29.6 Å². The molecule has 0 bridgehead atoms.